The zero-order chi connectivity index (χ0) is 21.8. The van der Waals surface area contributed by atoms with Crippen molar-refractivity contribution in [2.24, 2.45) is 0 Å². The molecule has 2 aromatic carbocycles. The second kappa shape index (κ2) is 9.60. The maximum Gasteiger partial charge on any atom is 0.232 e. The summed E-state index contributed by atoms with van der Waals surface area (Å²) in [6.45, 7) is 5.46. The number of carbonyl (C=O) groups excluding carboxylic acids is 1. The molecular formula is C24H28N4O2S. The van der Waals surface area contributed by atoms with E-state index in [-0.39, 0.29) is 18.1 Å². The van der Waals surface area contributed by atoms with Crippen molar-refractivity contribution in [3.8, 4) is 16.3 Å². The summed E-state index contributed by atoms with van der Waals surface area (Å²) < 4.78 is 0. The number of hydrogen-bond donors (Lipinski definition) is 1. The number of phenolic OH excluding ortho intramolecular Hbond substituents is 1. The van der Waals surface area contributed by atoms with Crippen LogP contribution in [0.15, 0.2) is 53.9 Å². The molecule has 3 aromatic rings. The second-order valence-corrected chi connectivity index (χ2v) is 8.92. The number of phenols is 1. The number of benzene rings is 2. The highest BCUT2D eigenvalue weighted by Gasteiger charge is 2.16. The van der Waals surface area contributed by atoms with Gasteiger partial charge in [0.05, 0.1) is 12.1 Å². The van der Waals surface area contributed by atoms with Gasteiger partial charge in [0.1, 0.15) is 10.8 Å². The lowest BCUT2D eigenvalue weighted by molar-refractivity contribution is -0.117. The summed E-state index contributed by atoms with van der Waals surface area (Å²) in [5.41, 5.74) is 3.92. The van der Waals surface area contributed by atoms with Crippen molar-refractivity contribution in [1.29, 1.82) is 0 Å². The van der Waals surface area contributed by atoms with Gasteiger partial charge in [0.25, 0.3) is 0 Å². The molecule has 0 bridgehead atoms. The number of aromatic nitrogens is 1. The number of rotatable bonds is 6. The van der Waals surface area contributed by atoms with Crippen LogP contribution in [-0.4, -0.2) is 66.1 Å². The lowest BCUT2D eigenvalue weighted by Gasteiger charge is -2.32. The van der Waals surface area contributed by atoms with Gasteiger partial charge in [0.2, 0.25) is 5.91 Å². The van der Waals surface area contributed by atoms with Crippen molar-refractivity contribution in [3.05, 3.63) is 65.2 Å². The highest BCUT2D eigenvalue weighted by Crippen LogP contribution is 2.25. The average molecular weight is 437 g/mol. The summed E-state index contributed by atoms with van der Waals surface area (Å²) in [4.78, 5) is 23.7. The van der Waals surface area contributed by atoms with E-state index in [2.05, 4.69) is 46.1 Å². The van der Waals surface area contributed by atoms with Crippen molar-refractivity contribution in [1.82, 2.24) is 14.8 Å². The Bertz CT molecular complexity index is 1010. The molecule has 1 fully saturated rings. The molecule has 1 saturated heterocycles. The lowest BCUT2D eigenvalue weighted by atomic mass is 10.1. The van der Waals surface area contributed by atoms with E-state index in [1.54, 1.807) is 47.5 Å². The third-order valence-corrected chi connectivity index (χ3v) is 6.64. The Kier molecular flexibility index (Phi) is 6.65. The topological polar surface area (TPSA) is 59.9 Å². The SMILES string of the molecule is CN1CCN(Cc2ccc(-c3nc(CC(=O)N(C)c4ccc(O)cc4)cs3)cc2)CC1. The number of anilines is 1. The maximum absolute atomic E-state index is 12.6. The number of nitrogens with zero attached hydrogens (tertiary/aromatic N) is 4. The molecule has 4 rings (SSSR count). The van der Waals surface area contributed by atoms with Crippen molar-refractivity contribution < 1.29 is 9.90 Å². The van der Waals surface area contributed by atoms with Crippen LogP contribution in [0.5, 0.6) is 5.75 Å². The smallest absolute Gasteiger partial charge is 0.232 e. The Balaban J connectivity index is 1.35. The van der Waals surface area contributed by atoms with Gasteiger partial charge in [-0.15, -0.1) is 11.3 Å². The minimum atomic E-state index is -0.0370. The molecule has 0 spiro atoms. The Morgan fingerprint density at radius 3 is 2.42 bits per heavy atom. The Hall–Kier alpha value is -2.74. The molecule has 1 aromatic heterocycles. The molecule has 1 amide bonds. The van der Waals surface area contributed by atoms with Gasteiger partial charge in [-0.1, -0.05) is 24.3 Å². The molecule has 6 nitrogen and oxygen atoms in total. The minimum Gasteiger partial charge on any atom is -0.508 e. The highest BCUT2D eigenvalue weighted by molar-refractivity contribution is 7.13. The fourth-order valence-corrected chi connectivity index (χ4v) is 4.46. The predicted molar refractivity (Wildman–Crippen MR) is 126 cm³/mol. The van der Waals surface area contributed by atoms with Crippen LogP contribution in [0.2, 0.25) is 0 Å². The maximum atomic E-state index is 12.6. The van der Waals surface area contributed by atoms with Gasteiger partial charge in [-0.25, -0.2) is 4.98 Å². The predicted octanol–water partition coefficient (Wildman–Crippen LogP) is 3.47. The van der Waals surface area contributed by atoms with E-state index in [1.807, 2.05) is 5.38 Å². The van der Waals surface area contributed by atoms with E-state index in [0.29, 0.717) is 0 Å². The fourth-order valence-electron chi connectivity index (χ4n) is 3.63. The number of amides is 1. The van der Waals surface area contributed by atoms with Crippen LogP contribution in [-0.2, 0) is 17.8 Å². The van der Waals surface area contributed by atoms with Crippen LogP contribution >= 0.6 is 11.3 Å². The van der Waals surface area contributed by atoms with Gasteiger partial charge in [-0.05, 0) is 36.9 Å². The molecule has 1 N–H and O–H groups in total. The molecule has 1 aliphatic rings. The molecule has 0 saturated carbocycles. The number of carbonyl (C=O) groups is 1. The second-order valence-electron chi connectivity index (χ2n) is 8.07. The van der Waals surface area contributed by atoms with E-state index in [4.69, 9.17) is 0 Å². The largest absolute Gasteiger partial charge is 0.508 e. The van der Waals surface area contributed by atoms with Crippen molar-refractivity contribution >= 4 is 22.9 Å². The van der Waals surface area contributed by atoms with Gasteiger partial charge in [0.15, 0.2) is 0 Å². The van der Waals surface area contributed by atoms with Crippen molar-refractivity contribution in [2.45, 2.75) is 13.0 Å². The third kappa shape index (κ3) is 5.50. The summed E-state index contributed by atoms with van der Waals surface area (Å²) in [5, 5.41) is 12.3. The fraction of sp³-hybridized carbons (Fsp3) is 0.333. The van der Waals surface area contributed by atoms with Crippen LogP contribution in [0, 0.1) is 0 Å². The minimum absolute atomic E-state index is 0.0370. The summed E-state index contributed by atoms with van der Waals surface area (Å²) >= 11 is 1.57. The number of piperazine rings is 1. The first-order chi connectivity index (χ1) is 15.0. The zero-order valence-corrected chi connectivity index (χ0v) is 18.8. The lowest BCUT2D eigenvalue weighted by Crippen LogP contribution is -2.43. The number of hydrogen-bond acceptors (Lipinski definition) is 6. The molecule has 2 heterocycles. The van der Waals surface area contributed by atoms with Crippen LogP contribution in [0.4, 0.5) is 5.69 Å². The zero-order valence-electron chi connectivity index (χ0n) is 18.0. The molecule has 0 radical (unpaired) electrons. The summed E-state index contributed by atoms with van der Waals surface area (Å²) in [6, 6.07) is 15.2. The normalized spacial score (nSPS) is 15.2. The van der Waals surface area contributed by atoms with E-state index in [9.17, 15) is 9.90 Å². The van der Waals surface area contributed by atoms with Gasteiger partial charge in [0, 0.05) is 56.4 Å². The summed E-state index contributed by atoms with van der Waals surface area (Å²) in [5.74, 6) is 0.147. The first-order valence-electron chi connectivity index (χ1n) is 10.5. The molecule has 31 heavy (non-hydrogen) atoms. The monoisotopic (exact) mass is 436 g/mol. The van der Waals surface area contributed by atoms with E-state index in [0.717, 1.165) is 54.7 Å². The van der Waals surface area contributed by atoms with E-state index < -0.39 is 0 Å². The quantitative estimate of drug-likeness (QED) is 0.641. The van der Waals surface area contributed by atoms with Gasteiger partial charge in [-0.2, -0.15) is 0 Å². The molecule has 0 unspecified atom stereocenters. The summed E-state index contributed by atoms with van der Waals surface area (Å²) in [6.07, 6.45) is 0.245. The molecule has 7 heteroatoms. The third-order valence-electron chi connectivity index (χ3n) is 5.70. The van der Waals surface area contributed by atoms with Gasteiger partial charge in [-0.3, -0.25) is 9.69 Å². The first kappa shape index (κ1) is 21.5. The summed E-state index contributed by atoms with van der Waals surface area (Å²) in [7, 11) is 3.91. The van der Waals surface area contributed by atoms with Crippen molar-refractivity contribution in [3.63, 3.8) is 0 Å². The molecular weight excluding hydrogens is 408 g/mol. The van der Waals surface area contributed by atoms with Crippen LogP contribution in [0.1, 0.15) is 11.3 Å². The van der Waals surface area contributed by atoms with Crippen molar-refractivity contribution in [2.75, 3.05) is 45.2 Å². The highest BCUT2D eigenvalue weighted by atomic mass is 32.1. The van der Waals surface area contributed by atoms with Crippen LogP contribution < -0.4 is 4.90 Å². The molecule has 0 atom stereocenters. The van der Waals surface area contributed by atoms with E-state index >= 15 is 0 Å². The number of thiazole rings is 1. The molecule has 162 valence electrons. The van der Waals surface area contributed by atoms with Gasteiger partial charge >= 0.3 is 0 Å². The average Bonchev–Trinajstić information content (AvgIpc) is 3.24. The Morgan fingerprint density at radius 2 is 1.74 bits per heavy atom. The first-order valence-corrected chi connectivity index (χ1v) is 11.4. The van der Waals surface area contributed by atoms with Gasteiger partial charge < -0.3 is 14.9 Å². The van der Waals surface area contributed by atoms with Crippen LogP contribution in [0.3, 0.4) is 0 Å². The number of aromatic hydroxyl groups is 1. The Morgan fingerprint density at radius 1 is 1.06 bits per heavy atom. The van der Waals surface area contributed by atoms with Crippen LogP contribution in [0.25, 0.3) is 10.6 Å². The standard InChI is InChI=1S/C24H28N4O2S/c1-26-11-13-28(14-12-26)16-18-3-5-19(6-4-18)24-25-20(17-31-24)15-23(30)27(2)21-7-9-22(29)10-8-21/h3-10,17,29H,11-16H2,1-2H3. The molecule has 1 aliphatic heterocycles. The Labute approximate surface area is 187 Å². The number of likely N-dealkylation sites (N-methyl/N-ethyl adjacent to an activating group) is 2. The molecule has 0 aliphatic carbocycles. The van der Waals surface area contributed by atoms with E-state index in [1.165, 1.54) is 5.56 Å².